The summed E-state index contributed by atoms with van der Waals surface area (Å²) in [5.74, 6) is 0.797. The Labute approximate surface area is 116 Å². The second kappa shape index (κ2) is 5.75. The van der Waals surface area contributed by atoms with Crippen LogP contribution in [0.4, 0.5) is 10.5 Å². The Hall–Kier alpha value is -2.01. The van der Waals surface area contributed by atoms with Crippen LogP contribution < -0.4 is 10.6 Å². The molecular weight excluding hydrogens is 264 g/mol. The number of anilines is 1. The number of halogens is 1. The fourth-order valence-corrected chi connectivity index (χ4v) is 1.88. The van der Waals surface area contributed by atoms with Crippen molar-refractivity contribution in [2.24, 2.45) is 7.05 Å². The van der Waals surface area contributed by atoms with E-state index in [1.54, 1.807) is 30.5 Å². The number of hydrogen-bond acceptors (Lipinski definition) is 2. The lowest BCUT2D eigenvalue weighted by Crippen LogP contribution is -2.32. The van der Waals surface area contributed by atoms with E-state index in [0.29, 0.717) is 10.7 Å². The minimum Gasteiger partial charge on any atom is -0.336 e. The molecule has 5 nitrogen and oxygen atoms in total. The van der Waals surface area contributed by atoms with Crippen LogP contribution in [-0.4, -0.2) is 15.6 Å². The number of imidazole rings is 1. The van der Waals surface area contributed by atoms with Crippen molar-refractivity contribution in [1.82, 2.24) is 14.9 Å². The summed E-state index contributed by atoms with van der Waals surface area (Å²) in [5.41, 5.74) is 0.689. The molecule has 1 aromatic heterocycles. The molecule has 0 bridgehead atoms. The molecule has 2 aromatic rings. The van der Waals surface area contributed by atoms with Gasteiger partial charge in [-0.25, -0.2) is 9.78 Å². The molecule has 0 saturated heterocycles. The minimum absolute atomic E-state index is 0.174. The lowest BCUT2D eigenvalue weighted by atomic mass is 10.3. The molecule has 6 heteroatoms. The van der Waals surface area contributed by atoms with Crippen LogP contribution in [-0.2, 0) is 7.05 Å². The maximum atomic E-state index is 11.8. The van der Waals surface area contributed by atoms with Gasteiger partial charge < -0.3 is 15.2 Å². The van der Waals surface area contributed by atoms with Gasteiger partial charge in [0.25, 0.3) is 0 Å². The van der Waals surface area contributed by atoms with Gasteiger partial charge >= 0.3 is 6.03 Å². The molecule has 0 aliphatic rings. The zero-order valence-electron chi connectivity index (χ0n) is 10.7. The number of carbonyl (C=O) groups is 1. The Kier molecular flexibility index (Phi) is 4.06. The maximum absolute atomic E-state index is 11.8. The number of urea groups is 1. The van der Waals surface area contributed by atoms with Crippen LogP contribution in [0.1, 0.15) is 18.8 Å². The molecule has 19 heavy (non-hydrogen) atoms. The third-order valence-corrected chi connectivity index (χ3v) is 2.95. The van der Waals surface area contributed by atoms with Gasteiger partial charge in [0.2, 0.25) is 0 Å². The Morgan fingerprint density at radius 2 is 2.05 bits per heavy atom. The van der Waals surface area contributed by atoms with Gasteiger partial charge in [-0.2, -0.15) is 0 Å². The Bertz CT molecular complexity index is 564. The fraction of sp³-hybridized carbons (Fsp3) is 0.231. The molecule has 0 fully saturated rings. The fourth-order valence-electron chi connectivity index (χ4n) is 1.76. The van der Waals surface area contributed by atoms with E-state index in [-0.39, 0.29) is 12.1 Å². The van der Waals surface area contributed by atoms with Gasteiger partial charge in [-0.15, -0.1) is 0 Å². The maximum Gasteiger partial charge on any atom is 0.319 e. The van der Waals surface area contributed by atoms with Crippen molar-refractivity contribution in [1.29, 1.82) is 0 Å². The minimum atomic E-state index is -0.280. The highest BCUT2D eigenvalue weighted by Crippen LogP contribution is 2.14. The van der Waals surface area contributed by atoms with Crippen molar-refractivity contribution in [2.45, 2.75) is 13.0 Å². The molecule has 1 unspecified atom stereocenters. The summed E-state index contributed by atoms with van der Waals surface area (Å²) >= 11 is 5.78. The molecule has 2 rings (SSSR count). The van der Waals surface area contributed by atoms with Crippen molar-refractivity contribution in [3.8, 4) is 0 Å². The molecule has 100 valence electrons. The van der Waals surface area contributed by atoms with Crippen LogP contribution in [0.3, 0.4) is 0 Å². The van der Waals surface area contributed by atoms with Crippen molar-refractivity contribution in [3.63, 3.8) is 0 Å². The lowest BCUT2D eigenvalue weighted by molar-refractivity contribution is 0.248. The summed E-state index contributed by atoms with van der Waals surface area (Å²) in [7, 11) is 1.89. The normalized spacial score (nSPS) is 11.9. The first-order valence-electron chi connectivity index (χ1n) is 5.86. The van der Waals surface area contributed by atoms with Gasteiger partial charge in [-0.3, -0.25) is 0 Å². The lowest BCUT2D eigenvalue weighted by Gasteiger charge is -2.14. The Balaban J connectivity index is 1.94. The quantitative estimate of drug-likeness (QED) is 0.907. The molecule has 1 aromatic carbocycles. The van der Waals surface area contributed by atoms with Crippen LogP contribution in [0, 0.1) is 0 Å². The third-order valence-electron chi connectivity index (χ3n) is 2.70. The molecule has 0 radical (unpaired) electrons. The van der Waals surface area contributed by atoms with Crippen LogP contribution >= 0.6 is 11.6 Å². The standard InChI is InChI=1S/C13H15ClN4O/c1-9(12-15-7-8-18(12)2)16-13(19)17-11-5-3-10(14)4-6-11/h3-9H,1-2H3,(H2,16,17,19). The molecule has 0 saturated carbocycles. The molecular formula is C13H15ClN4O. The van der Waals surface area contributed by atoms with E-state index in [4.69, 9.17) is 11.6 Å². The van der Waals surface area contributed by atoms with Crippen LogP contribution in [0.25, 0.3) is 0 Å². The first-order valence-corrected chi connectivity index (χ1v) is 6.24. The first kappa shape index (κ1) is 13.4. The highest BCUT2D eigenvalue weighted by Gasteiger charge is 2.13. The SMILES string of the molecule is CC(NC(=O)Nc1ccc(Cl)cc1)c1nccn1C. The molecule has 1 atom stereocenters. The number of rotatable bonds is 3. The van der Waals surface area contributed by atoms with Crippen molar-refractivity contribution >= 4 is 23.3 Å². The predicted molar refractivity (Wildman–Crippen MR) is 75.2 cm³/mol. The van der Waals surface area contributed by atoms with Crippen LogP contribution in [0.15, 0.2) is 36.7 Å². The zero-order valence-corrected chi connectivity index (χ0v) is 11.5. The van der Waals surface area contributed by atoms with E-state index >= 15 is 0 Å². The molecule has 0 aliphatic heterocycles. The summed E-state index contributed by atoms with van der Waals surface area (Å²) in [6.45, 7) is 1.88. The highest BCUT2D eigenvalue weighted by molar-refractivity contribution is 6.30. The number of hydrogen-bond donors (Lipinski definition) is 2. The van der Waals surface area contributed by atoms with E-state index in [1.807, 2.05) is 24.7 Å². The molecule has 2 N–H and O–H groups in total. The number of nitrogens with zero attached hydrogens (tertiary/aromatic N) is 2. The second-order valence-electron chi connectivity index (χ2n) is 4.22. The van der Waals surface area contributed by atoms with Gasteiger partial charge in [0.1, 0.15) is 5.82 Å². The number of aromatic nitrogens is 2. The highest BCUT2D eigenvalue weighted by atomic mass is 35.5. The smallest absolute Gasteiger partial charge is 0.319 e. The topological polar surface area (TPSA) is 59.0 Å². The number of amides is 2. The van der Waals surface area contributed by atoms with Crippen LogP contribution in [0.5, 0.6) is 0 Å². The summed E-state index contributed by atoms with van der Waals surface area (Å²) in [4.78, 5) is 16.0. The van der Waals surface area contributed by atoms with Gasteiger partial charge in [0.15, 0.2) is 0 Å². The van der Waals surface area contributed by atoms with Crippen LogP contribution in [0.2, 0.25) is 5.02 Å². The van der Waals surface area contributed by atoms with Gasteiger partial charge in [0.05, 0.1) is 6.04 Å². The van der Waals surface area contributed by atoms with Gasteiger partial charge in [-0.05, 0) is 31.2 Å². The van der Waals surface area contributed by atoms with E-state index in [9.17, 15) is 4.79 Å². The monoisotopic (exact) mass is 278 g/mol. The Morgan fingerprint density at radius 1 is 1.37 bits per heavy atom. The van der Waals surface area contributed by atoms with E-state index < -0.39 is 0 Å². The van der Waals surface area contributed by atoms with Crippen molar-refractivity contribution in [3.05, 3.63) is 47.5 Å². The third kappa shape index (κ3) is 3.48. The van der Waals surface area contributed by atoms with Gasteiger partial charge in [0, 0.05) is 30.2 Å². The summed E-state index contributed by atoms with van der Waals surface area (Å²) in [5, 5.41) is 6.19. The summed E-state index contributed by atoms with van der Waals surface area (Å²) in [6.07, 6.45) is 3.54. The molecule has 1 heterocycles. The van der Waals surface area contributed by atoms with E-state index in [0.717, 1.165) is 5.82 Å². The van der Waals surface area contributed by atoms with Crippen molar-refractivity contribution in [2.75, 3.05) is 5.32 Å². The van der Waals surface area contributed by atoms with E-state index in [2.05, 4.69) is 15.6 Å². The average Bonchev–Trinajstić information content (AvgIpc) is 2.78. The van der Waals surface area contributed by atoms with Crippen molar-refractivity contribution < 1.29 is 4.79 Å². The largest absolute Gasteiger partial charge is 0.336 e. The summed E-state index contributed by atoms with van der Waals surface area (Å²) < 4.78 is 1.87. The molecule has 2 amide bonds. The number of benzene rings is 1. The number of nitrogens with one attached hydrogen (secondary N) is 2. The van der Waals surface area contributed by atoms with E-state index in [1.165, 1.54) is 0 Å². The average molecular weight is 279 g/mol. The zero-order chi connectivity index (χ0) is 13.8. The second-order valence-corrected chi connectivity index (χ2v) is 4.66. The summed E-state index contributed by atoms with van der Waals surface area (Å²) in [6, 6.07) is 6.48. The molecule has 0 spiro atoms. The van der Waals surface area contributed by atoms with Gasteiger partial charge in [-0.1, -0.05) is 11.6 Å². The predicted octanol–water partition coefficient (Wildman–Crippen LogP) is 2.96. The molecule has 0 aliphatic carbocycles. The number of aryl methyl sites for hydroxylation is 1. The number of carbonyl (C=O) groups excluding carboxylic acids is 1. The first-order chi connectivity index (χ1) is 9.06. The Morgan fingerprint density at radius 3 is 2.63 bits per heavy atom.